The zero-order chi connectivity index (χ0) is 30.3. The first-order valence-electron chi connectivity index (χ1n) is 15.2. The number of aromatic nitrogens is 2. The Kier molecular flexibility index (Phi) is 7.01. The lowest BCUT2D eigenvalue weighted by Gasteiger charge is -2.38. The van der Waals surface area contributed by atoms with Gasteiger partial charge in [-0.1, -0.05) is 0 Å². The van der Waals surface area contributed by atoms with Crippen LogP contribution in [0.2, 0.25) is 0 Å². The van der Waals surface area contributed by atoms with E-state index in [1.807, 2.05) is 0 Å². The molecule has 4 fully saturated rings. The van der Waals surface area contributed by atoms with Gasteiger partial charge in [-0.3, -0.25) is 4.90 Å². The predicted octanol–water partition coefficient (Wildman–Crippen LogP) is 4.80. The van der Waals surface area contributed by atoms with Crippen LogP contribution in [-0.4, -0.2) is 71.4 Å². The van der Waals surface area contributed by atoms with Crippen LogP contribution in [0.1, 0.15) is 79.2 Å². The van der Waals surface area contributed by atoms with Crippen molar-refractivity contribution in [3.05, 3.63) is 39.8 Å². The van der Waals surface area contributed by atoms with Gasteiger partial charge in [0.25, 0.3) is 0 Å². The molecule has 8 nitrogen and oxygen atoms in total. The minimum absolute atomic E-state index is 0.0938. The van der Waals surface area contributed by atoms with Gasteiger partial charge in [-0.05, 0) is 57.7 Å². The maximum Gasteiger partial charge on any atom is 0.417 e. The minimum atomic E-state index is -4.81. The number of fused-ring (bicyclic) bond motifs is 4. The highest BCUT2D eigenvalue weighted by Crippen LogP contribution is 2.48. The number of piperazine rings is 1. The van der Waals surface area contributed by atoms with E-state index < -0.39 is 47.0 Å². The number of hydrogen-bond donors (Lipinski definition) is 2. The van der Waals surface area contributed by atoms with Gasteiger partial charge in [-0.15, -0.1) is 0 Å². The summed E-state index contributed by atoms with van der Waals surface area (Å²) in [4.78, 5) is 13.9. The quantitative estimate of drug-likeness (QED) is 0.370. The fourth-order valence-electron chi connectivity index (χ4n) is 8.21. The molecule has 0 amide bonds. The molecule has 4 saturated heterocycles. The highest BCUT2D eigenvalue weighted by atomic mass is 19.4. The minimum Gasteiger partial charge on any atom is -0.461 e. The Morgan fingerprint density at radius 1 is 1.16 bits per heavy atom. The number of hydrogen-bond acceptors (Lipinski definition) is 8. The molecule has 43 heavy (non-hydrogen) atoms. The van der Waals surface area contributed by atoms with E-state index in [4.69, 9.17) is 25.2 Å². The van der Waals surface area contributed by atoms with E-state index >= 15 is 4.39 Å². The summed E-state index contributed by atoms with van der Waals surface area (Å²) in [5, 5.41) is 3.60. The molecule has 1 aromatic carbocycles. The molecule has 2 aromatic rings. The molecular formula is C30H37F5N6O2. The Balaban J connectivity index is 1.28. The first kappa shape index (κ1) is 29.0. The third-order valence-corrected chi connectivity index (χ3v) is 10.0. The third kappa shape index (κ3) is 5.01. The first-order valence-corrected chi connectivity index (χ1v) is 15.2. The fourth-order valence-corrected chi connectivity index (χ4v) is 8.21. The molecular weight excluding hydrogens is 571 g/mol. The van der Waals surface area contributed by atoms with Crippen LogP contribution in [0.15, 0.2) is 6.07 Å². The van der Waals surface area contributed by atoms with E-state index in [1.54, 1.807) is 6.92 Å². The van der Waals surface area contributed by atoms with Crippen molar-refractivity contribution in [2.24, 2.45) is 0 Å². The second-order valence-corrected chi connectivity index (χ2v) is 13.0. The summed E-state index contributed by atoms with van der Waals surface area (Å²) in [5.41, 5.74) is 4.30. The maximum absolute atomic E-state index is 15.4. The Morgan fingerprint density at radius 2 is 1.91 bits per heavy atom. The summed E-state index contributed by atoms with van der Waals surface area (Å²) in [6.07, 6.45) is -3.60. The normalized spacial score (nSPS) is 32.3. The molecule has 0 radical (unpaired) electrons. The smallest absolute Gasteiger partial charge is 0.417 e. The summed E-state index contributed by atoms with van der Waals surface area (Å²) in [5.74, 6) is -0.509. The van der Waals surface area contributed by atoms with Crippen LogP contribution >= 0.6 is 0 Å². The van der Waals surface area contributed by atoms with Crippen LogP contribution in [0.3, 0.4) is 0 Å². The van der Waals surface area contributed by atoms with E-state index in [0.29, 0.717) is 55.2 Å². The zero-order valence-electron chi connectivity index (χ0n) is 24.3. The SMILES string of the molecule is Cc1cc(N)c(F)c(C2Cc3nc(OCC45CCCN4CC(F)C5)nc(N4CC5CCC(C4)N5)c3C(C)O2)c1C(F)(F)F. The molecule has 5 aliphatic heterocycles. The maximum atomic E-state index is 15.4. The van der Waals surface area contributed by atoms with Gasteiger partial charge in [0.1, 0.15) is 18.6 Å². The van der Waals surface area contributed by atoms with Gasteiger partial charge < -0.3 is 25.4 Å². The van der Waals surface area contributed by atoms with Crippen molar-refractivity contribution in [1.29, 1.82) is 0 Å². The van der Waals surface area contributed by atoms with Crippen molar-refractivity contribution in [3.8, 4) is 6.01 Å². The number of nitrogens with zero attached hydrogens (tertiary/aromatic N) is 4. The van der Waals surface area contributed by atoms with Crippen molar-refractivity contribution < 1.29 is 31.4 Å². The molecule has 5 aliphatic rings. The Bertz CT molecular complexity index is 1410. The molecule has 0 spiro atoms. The number of rotatable bonds is 5. The molecule has 234 valence electrons. The zero-order valence-corrected chi connectivity index (χ0v) is 24.3. The van der Waals surface area contributed by atoms with Crippen molar-refractivity contribution in [3.63, 3.8) is 0 Å². The Hall–Kier alpha value is -2.77. The average Bonchev–Trinajstić information content (AvgIpc) is 3.58. The van der Waals surface area contributed by atoms with Gasteiger partial charge in [-0.25, -0.2) is 8.78 Å². The van der Waals surface area contributed by atoms with Gasteiger partial charge in [0, 0.05) is 55.7 Å². The monoisotopic (exact) mass is 608 g/mol. The van der Waals surface area contributed by atoms with Crippen LogP contribution in [0.4, 0.5) is 33.5 Å². The van der Waals surface area contributed by atoms with E-state index in [-0.39, 0.29) is 30.3 Å². The highest BCUT2D eigenvalue weighted by molar-refractivity contribution is 5.56. The summed E-state index contributed by atoms with van der Waals surface area (Å²) < 4.78 is 85.0. The molecule has 13 heteroatoms. The molecule has 6 unspecified atom stereocenters. The standard InChI is InChI=1S/C30H37F5N6O2/c1-15-8-20(36)26(32)24(25(15)30(33,34)35)22-9-21-23(16(2)43-22)27(40-12-18-4-5-19(13-40)37-18)39-28(38-21)42-14-29-6-3-7-41(29)11-17(31)10-29/h8,16-19,22,37H,3-7,9-14,36H2,1-2H3. The molecule has 0 aliphatic carbocycles. The van der Waals surface area contributed by atoms with Crippen molar-refractivity contribution in [2.75, 3.05) is 43.4 Å². The van der Waals surface area contributed by atoms with Gasteiger partial charge in [0.15, 0.2) is 5.82 Å². The number of benzene rings is 1. The van der Waals surface area contributed by atoms with Gasteiger partial charge in [-0.2, -0.15) is 23.1 Å². The number of halogens is 5. The molecule has 3 N–H and O–H groups in total. The van der Waals surface area contributed by atoms with Crippen LogP contribution < -0.4 is 20.7 Å². The lowest BCUT2D eigenvalue weighted by molar-refractivity contribution is -0.141. The molecule has 6 atom stereocenters. The summed E-state index contributed by atoms with van der Waals surface area (Å²) in [7, 11) is 0. The molecule has 0 saturated carbocycles. The third-order valence-electron chi connectivity index (χ3n) is 10.0. The molecule has 1 aromatic heterocycles. The van der Waals surface area contributed by atoms with Crippen LogP contribution in [-0.2, 0) is 17.3 Å². The van der Waals surface area contributed by atoms with Gasteiger partial charge in [0.05, 0.1) is 34.7 Å². The van der Waals surface area contributed by atoms with E-state index in [1.165, 1.54) is 6.92 Å². The summed E-state index contributed by atoms with van der Waals surface area (Å²) in [6.45, 7) is 5.82. The first-order chi connectivity index (χ1) is 20.4. The fraction of sp³-hybridized carbons (Fsp3) is 0.667. The van der Waals surface area contributed by atoms with Crippen LogP contribution in [0, 0.1) is 12.7 Å². The molecule has 6 heterocycles. The summed E-state index contributed by atoms with van der Waals surface area (Å²) >= 11 is 0. The predicted molar refractivity (Wildman–Crippen MR) is 149 cm³/mol. The van der Waals surface area contributed by atoms with Crippen molar-refractivity contribution >= 4 is 11.5 Å². The molecule has 7 rings (SSSR count). The lowest BCUT2D eigenvalue weighted by Crippen LogP contribution is -2.52. The number of anilines is 2. The topological polar surface area (TPSA) is 88.8 Å². The molecule has 2 bridgehead atoms. The number of aryl methyl sites for hydroxylation is 1. The van der Waals surface area contributed by atoms with Gasteiger partial charge >= 0.3 is 12.2 Å². The second kappa shape index (κ2) is 10.4. The lowest BCUT2D eigenvalue weighted by atomic mass is 9.89. The van der Waals surface area contributed by atoms with Gasteiger partial charge in [0.2, 0.25) is 0 Å². The largest absolute Gasteiger partial charge is 0.461 e. The highest BCUT2D eigenvalue weighted by Gasteiger charge is 2.50. The number of nitrogens with one attached hydrogen (secondary N) is 1. The van der Waals surface area contributed by atoms with Crippen molar-refractivity contribution in [2.45, 2.75) is 94.6 Å². The number of ether oxygens (including phenoxy) is 2. The van der Waals surface area contributed by atoms with Crippen LogP contribution in [0.25, 0.3) is 0 Å². The van der Waals surface area contributed by atoms with E-state index in [9.17, 15) is 17.6 Å². The van der Waals surface area contributed by atoms with E-state index in [2.05, 4.69) is 15.1 Å². The average molecular weight is 609 g/mol. The van der Waals surface area contributed by atoms with E-state index in [0.717, 1.165) is 38.3 Å². The number of nitrogens with two attached hydrogens (primary N) is 1. The summed E-state index contributed by atoms with van der Waals surface area (Å²) in [6, 6.07) is 1.69. The Labute approximate surface area is 247 Å². The van der Waals surface area contributed by atoms with Crippen molar-refractivity contribution in [1.82, 2.24) is 20.2 Å². The second-order valence-electron chi connectivity index (χ2n) is 13.0. The Morgan fingerprint density at radius 3 is 2.63 bits per heavy atom. The number of nitrogen functional groups attached to an aromatic ring is 1. The van der Waals surface area contributed by atoms with Crippen LogP contribution in [0.5, 0.6) is 6.01 Å². The number of alkyl halides is 4.